The number of carbonyl (C=O) groups excluding carboxylic acids is 2. The Balaban J connectivity index is 1.60. The highest BCUT2D eigenvalue weighted by Gasteiger charge is 2.60. The molecule has 128 valence electrons. The van der Waals surface area contributed by atoms with Gasteiger partial charge in [0.15, 0.2) is 0 Å². The van der Waals surface area contributed by atoms with Crippen LogP contribution in [0.15, 0.2) is 0 Å². The summed E-state index contributed by atoms with van der Waals surface area (Å²) in [5.74, 6) is 3.39. The lowest BCUT2D eigenvalue weighted by Crippen LogP contribution is -2.54. The largest absolute Gasteiger partial charge is 0.464 e. The molecule has 4 fully saturated rings. The lowest BCUT2D eigenvalue weighted by atomic mass is 9.45. The average molecular weight is 318 g/mol. The predicted molar refractivity (Wildman–Crippen MR) is 87.7 cm³/mol. The first-order valence-corrected chi connectivity index (χ1v) is 9.60. The molecule has 0 N–H and O–H groups in total. The maximum absolute atomic E-state index is 11.9. The molecule has 0 aromatic carbocycles. The van der Waals surface area contributed by atoms with Crippen molar-refractivity contribution in [2.24, 2.45) is 34.5 Å². The molecule has 0 aliphatic heterocycles. The Kier molecular flexibility index (Phi) is 3.62. The summed E-state index contributed by atoms with van der Waals surface area (Å²) in [4.78, 5) is 22.8. The molecule has 0 saturated heterocycles. The molecular weight excluding hydrogens is 288 g/mol. The van der Waals surface area contributed by atoms with Gasteiger partial charge in [0, 0.05) is 18.3 Å². The van der Waals surface area contributed by atoms with Crippen LogP contribution >= 0.6 is 0 Å². The van der Waals surface area contributed by atoms with E-state index in [4.69, 9.17) is 4.74 Å². The summed E-state index contributed by atoms with van der Waals surface area (Å²) in [6.07, 6.45) is 10.1. The molecule has 0 spiro atoms. The number of hydrogen-bond acceptors (Lipinski definition) is 3. The molecule has 23 heavy (non-hydrogen) atoms. The first-order valence-electron chi connectivity index (χ1n) is 9.60. The zero-order chi connectivity index (χ0) is 16.2. The summed E-state index contributed by atoms with van der Waals surface area (Å²) in [5, 5.41) is 0. The Labute approximate surface area is 139 Å². The molecule has 0 aromatic rings. The van der Waals surface area contributed by atoms with Gasteiger partial charge in [0.2, 0.25) is 0 Å². The van der Waals surface area contributed by atoms with Crippen molar-refractivity contribution < 1.29 is 14.3 Å². The Morgan fingerprint density at radius 3 is 2.57 bits per heavy atom. The first-order chi connectivity index (χ1) is 11.0. The Morgan fingerprint density at radius 2 is 1.78 bits per heavy atom. The minimum absolute atomic E-state index is 0.129. The van der Waals surface area contributed by atoms with E-state index < -0.39 is 0 Å². The van der Waals surface area contributed by atoms with E-state index in [2.05, 4.69) is 13.8 Å². The van der Waals surface area contributed by atoms with E-state index >= 15 is 0 Å². The Hall–Kier alpha value is -0.860. The highest BCUT2D eigenvalue weighted by atomic mass is 16.5. The zero-order valence-corrected chi connectivity index (χ0v) is 14.6. The van der Waals surface area contributed by atoms with Crippen LogP contribution in [0.4, 0.5) is 0 Å². The van der Waals surface area contributed by atoms with Crippen LogP contribution in [0.25, 0.3) is 0 Å². The highest BCUT2D eigenvalue weighted by molar-refractivity contribution is 5.79. The summed E-state index contributed by atoms with van der Waals surface area (Å²) >= 11 is 0. The van der Waals surface area contributed by atoms with Gasteiger partial charge >= 0.3 is 0 Å². The van der Waals surface area contributed by atoms with Gasteiger partial charge < -0.3 is 4.74 Å². The maximum Gasteiger partial charge on any atom is 0.293 e. The summed E-state index contributed by atoms with van der Waals surface area (Å²) < 4.78 is 5.48. The fourth-order valence-electron chi connectivity index (χ4n) is 7.29. The van der Waals surface area contributed by atoms with Crippen LogP contribution in [-0.4, -0.2) is 18.4 Å². The summed E-state index contributed by atoms with van der Waals surface area (Å²) in [5.41, 5.74) is 0.567. The van der Waals surface area contributed by atoms with Crippen molar-refractivity contribution in [3.8, 4) is 0 Å². The van der Waals surface area contributed by atoms with Crippen molar-refractivity contribution in [3.05, 3.63) is 0 Å². The van der Waals surface area contributed by atoms with E-state index in [1.54, 1.807) is 0 Å². The van der Waals surface area contributed by atoms with Gasteiger partial charge in [-0.1, -0.05) is 13.8 Å². The van der Waals surface area contributed by atoms with Crippen molar-refractivity contribution >= 4 is 12.3 Å². The van der Waals surface area contributed by atoms with Crippen LogP contribution in [0.1, 0.15) is 71.6 Å². The van der Waals surface area contributed by atoms with Crippen molar-refractivity contribution in [1.82, 2.24) is 0 Å². The fourth-order valence-corrected chi connectivity index (χ4v) is 7.29. The van der Waals surface area contributed by atoms with Gasteiger partial charge in [0.05, 0.1) is 0 Å². The topological polar surface area (TPSA) is 43.4 Å². The number of ketones is 1. The SMILES string of the molecule is C[C@]12CCC(=O)C[C@@H]1CC[C@@H]1[C@@H]2CC[C@]2(C)[C@@H](OC=O)CC[C@@H]12. The number of Topliss-reactive ketones (excluding diaryl/α,β-unsaturated/α-hetero) is 1. The van der Waals surface area contributed by atoms with Crippen LogP contribution in [0.5, 0.6) is 0 Å². The second-order valence-electron chi connectivity index (χ2n) is 9.24. The van der Waals surface area contributed by atoms with Crippen LogP contribution in [0, 0.1) is 34.5 Å². The van der Waals surface area contributed by atoms with Crippen LogP contribution in [0.2, 0.25) is 0 Å². The van der Waals surface area contributed by atoms with Gasteiger partial charge in [-0.2, -0.15) is 0 Å². The van der Waals surface area contributed by atoms with E-state index in [0.29, 0.717) is 29.5 Å². The summed E-state index contributed by atoms with van der Waals surface area (Å²) in [7, 11) is 0. The molecule has 4 saturated carbocycles. The molecule has 4 aliphatic rings. The van der Waals surface area contributed by atoms with E-state index in [1.807, 2.05) is 0 Å². The summed E-state index contributed by atoms with van der Waals surface area (Å²) in [6, 6.07) is 0. The molecular formula is C20H30O3. The second-order valence-corrected chi connectivity index (χ2v) is 9.24. The number of ether oxygens (including phenoxy) is 1. The number of fused-ring (bicyclic) bond motifs is 5. The van der Waals surface area contributed by atoms with Crippen molar-refractivity contribution in [2.45, 2.75) is 77.7 Å². The predicted octanol–water partition coefficient (Wildman–Crippen LogP) is 4.14. The van der Waals surface area contributed by atoms with Gasteiger partial charge in [-0.25, -0.2) is 0 Å². The monoisotopic (exact) mass is 318 g/mol. The molecule has 0 unspecified atom stereocenters. The molecule has 0 aromatic heterocycles. The standard InChI is InChI=1S/C20H30O3/c1-19-9-7-14(22)11-13(19)3-4-15-16-5-6-18(23-12-21)20(16,2)10-8-17(15)19/h12-13,15-18H,3-11H2,1-2H3/t13-,15-,16-,17-,18-,19-,20-/m0/s1. The van der Waals surface area contributed by atoms with Gasteiger partial charge in [0.25, 0.3) is 6.47 Å². The quantitative estimate of drug-likeness (QED) is 0.719. The second kappa shape index (κ2) is 5.32. The third-order valence-corrected chi connectivity index (χ3v) is 8.61. The third-order valence-electron chi connectivity index (χ3n) is 8.61. The molecule has 3 heteroatoms. The molecule has 4 aliphatic carbocycles. The smallest absolute Gasteiger partial charge is 0.293 e. The molecule has 0 heterocycles. The molecule has 0 bridgehead atoms. The maximum atomic E-state index is 11.9. The Morgan fingerprint density at radius 1 is 1.00 bits per heavy atom. The molecule has 3 nitrogen and oxygen atoms in total. The van der Waals surface area contributed by atoms with Gasteiger partial charge in [0.1, 0.15) is 11.9 Å². The number of rotatable bonds is 2. The highest BCUT2D eigenvalue weighted by Crippen LogP contribution is 2.66. The third kappa shape index (κ3) is 2.14. The van der Waals surface area contributed by atoms with Gasteiger partial charge in [-0.15, -0.1) is 0 Å². The van der Waals surface area contributed by atoms with Crippen LogP contribution in [-0.2, 0) is 14.3 Å². The molecule has 0 radical (unpaired) electrons. The summed E-state index contributed by atoms with van der Waals surface area (Å²) in [6.45, 7) is 5.52. The van der Waals surface area contributed by atoms with Gasteiger partial charge in [-0.05, 0) is 74.0 Å². The van der Waals surface area contributed by atoms with Crippen molar-refractivity contribution in [2.75, 3.05) is 0 Å². The van der Waals surface area contributed by atoms with E-state index in [1.165, 1.54) is 32.1 Å². The van der Waals surface area contributed by atoms with E-state index in [9.17, 15) is 9.59 Å². The molecule has 4 rings (SSSR count). The minimum Gasteiger partial charge on any atom is -0.464 e. The average Bonchev–Trinajstić information content (AvgIpc) is 2.85. The molecule has 0 amide bonds. The Bertz CT molecular complexity index is 515. The number of carbonyl (C=O) groups is 2. The number of hydrogen-bond donors (Lipinski definition) is 0. The van der Waals surface area contributed by atoms with Crippen molar-refractivity contribution in [1.29, 1.82) is 0 Å². The zero-order valence-electron chi connectivity index (χ0n) is 14.6. The molecule has 7 atom stereocenters. The fraction of sp³-hybridized carbons (Fsp3) is 0.900. The van der Waals surface area contributed by atoms with Crippen LogP contribution in [0.3, 0.4) is 0 Å². The van der Waals surface area contributed by atoms with E-state index in [-0.39, 0.29) is 11.5 Å². The first kappa shape index (κ1) is 15.7. The van der Waals surface area contributed by atoms with Crippen LogP contribution < -0.4 is 0 Å². The lowest BCUT2D eigenvalue weighted by Gasteiger charge is -2.60. The van der Waals surface area contributed by atoms with E-state index in [0.717, 1.165) is 37.5 Å². The van der Waals surface area contributed by atoms with Crippen molar-refractivity contribution in [3.63, 3.8) is 0 Å². The van der Waals surface area contributed by atoms with Gasteiger partial charge in [-0.3, -0.25) is 9.59 Å². The lowest BCUT2D eigenvalue weighted by molar-refractivity contribution is -0.153. The minimum atomic E-state index is 0.129. The normalized spacial score (nSPS) is 52.3.